The number of amides is 1. The average molecular weight is 858 g/mol. The minimum Gasteiger partial charge on any atom is -0.507 e. The Bertz CT molecular complexity index is 2260. The van der Waals surface area contributed by atoms with Crippen molar-refractivity contribution in [3.63, 3.8) is 0 Å². The number of fused-ring (bicyclic) bond motifs is 3. The second-order valence-electron chi connectivity index (χ2n) is 17.3. The number of nitrogens with two attached hydrogens (primary N) is 1. The molecule has 3 aromatic rings. The Morgan fingerprint density at radius 2 is 1.68 bits per heavy atom. The zero-order chi connectivity index (χ0) is 44.7. The number of phenols is 2. The third-order valence-electron chi connectivity index (χ3n) is 13.1. The van der Waals surface area contributed by atoms with Crippen molar-refractivity contribution >= 4 is 29.2 Å². The van der Waals surface area contributed by atoms with Gasteiger partial charge in [0.15, 0.2) is 12.1 Å². The fraction of sp³-hybridized carbons (Fsp3) is 0.500. The fourth-order valence-corrected chi connectivity index (χ4v) is 9.71. The summed E-state index contributed by atoms with van der Waals surface area (Å²) in [7, 11) is 1.34. The number of carbonyl (C=O) groups is 4. The Morgan fingerprint density at radius 1 is 0.952 bits per heavy atom. The average Bonchev–Trinajstić information content (AvgIpc) is 3.25. The van der Waals surface area contributed by atoms with E-state index in [0.29, 0.717) is 25.0 Å². The first-order valence-corrected chi connectivity index (χ1v) is 21.1. The zero-order valence-corrected chi connectivity index (χ0v) is 35.3. The van der Waals surface area contributed by atoms with Crippen LogP contribution in [0.15, 0.2) is 53.6 Å². The number of hydrogen-bond acceptors (Lipinski definition) is 14. The van der Waals surface area contributed by atoms with Gasteiger partial charge in [0.25, 0.3) is 0 Å². The number of carboxylic acids is 1. The number of aromatic hydroxyl groups is 2. The number of aliphatic carboxylic acids is 1. The summed E-state index contributed by atoms with van der Waals surface area (Å²) < 4.78 is 24.2. The lowest BCUT2D eigenvalue weighted by Crippen LogP contribution is -2.56. The van der Waals surface area contributed by atoms with Gasteiger partial charge in [-0.2, -0.15) is 5.10 Å². The molecule has 4 aliphatic rings. The summed E-state index contributed by atoms with van der Waals surface area (Å²) >= 11 is 0. The van der Waals surface area contributed by atoms with Crippen LogP contribution in [0.2, 0.25) is 0 Å². The lowest BCUT2D eigenvalue weighted by Gasteiger charge is -2.46. The molecular formula is C46H55N3O13. The monoisotopic (exact) mass is 857 g/mol. The maximum atomic E-state index is 14.2. The second kappa shape index (κ2) is 17.9. The molecule has 0 aromatic heterocycles. The Kier molecular flexibility index (Phi) is 12.9. The van der Waals surface area contributed by atoms with Gasteiger partial charge in [-0.05, 0) is 63.0 Å². The Morgan fingerprint density at radius 3 is 2.32 bits per heavy atom. The molecule has 3 aliphatic carbocycles. The summed E-state index contributed by atoms with van der Waals surface area (Å²) in [5.74, 6) is -7.66. The molecule has 16 nitrogen and oxygen atoms in total. The summed E-state index contributed by atoms with van der Waals surface area (Å²) in [6.45, 7) is 4.64. The number of aliphatic hydroxyl groups excluding tert-OH is 1. The first-order valence-electron chi connectivity index (χ1n) is 21.1. The van der Waals surface area contributed by atoms with Gasteiger partial charge in [0.2, 0.25) is 11.7 Å². The number of rotatable bonds is 13. The smallest absolute Gasteiger partial charge is 0.307 e. The molecule has 1 aliphatic heterocycles. The number of ketones is 2. The van der Waals surface area contributed by atoms with Crippen LogP contribution < -0.4 is 15.9 Å². The van der Waals surface area contributed by atoms with Gasteiger partial charge in [0.05, 0.1) is 66.3 Å². The van der Waals surface area contributed by atoms with Crippen LogP contribution >= 0.6 is 0 Å². The molecule has 0 radical (unpaired) electrons. The van der Waals surface area contributed by atoms with Crippen LogP contribution in [0.4, 0.5) is 0 Å². The van der Waals surface area contributed by atoms with Gasteiger partial charge in [-0.15, -0.1) is 0 Å². The van der Waals surface area contributed by atoms with Crippen molar-refractivity contribution in [1.82, 2.24) is 5.43 Å². The number of nitrogens with one attached hydrogen (secondary N) is 1. The molecule has 332 valence electrons. The number of carboxylic acid groups (broad SMARTS) is 1. The number of hydrazone groups is 1. The van der Waals surface area contributed by atoms with Crippen LogP contribution in [0.1, 0.15) is 126 Å². The SMILES string of the molecule is COc1cccc2c1C(=O)c1c(O)c3c(c(O)c1C2=O)C[C@@](O)(C(CO)=NNC(=O)C(C(C)C(=O)O)C(C)c1ccccc1)C[C@@H]3O[C@@H]1CC[C@@H](O[C@@H]2CCCCO2)[C@](C)(N)C1. The maximum Gasteiger partial charge on any atom is 0.307 e. The highest BCUT2D eigenvalue weighted by Crippen LogP contribution is 2.53. The van der Waals surface area contributed by atoms with Crippen molar-refractivity contribution in [2.75, 3.05) is 20.3 Å². The van der Waals surface area contributed by atoms with Gasteiger partial charge in [0.1, 0.15) is 22.8 Å². The highest BCUT2D eigenvalue weighted by Gasteiger charge is 2.50. The number of nitrogens with zero attached hydrogens (tertiary/aromatic N) is 1. The molecule has 1 saturated heterocycles. The first-order chi connectivity index (χ1) is 29.5. The van der Waals surface area contributed by atoms with E-state index in [-0.39, 0.29) is 52.5 Å². The minimum atomic E-state index is -2.20. The standard InChI is InChI=1S/C46H55N3O13/c1-23(25-11-6-5-7-12-25)34(24(2)44(56)57)43(55)49-48-31(22-50)46(58)20-28-36(30(21-46)61-26-16-17-32(45(3,47)19-26)62-33-15-8-9-18-60-33)42(54)38-37(40(28)52)39(51)27-13-10-14-29(59-4)35(27)41(38)53/h5-7,10-14,23-24,26,30,32-34,50,52,54,58H,8-9,15-22,47H2,1-4H3,(H,49,55)(H,56,57)/t23?,24?,26-,30+,32-,33-,34?,45-,46+/m1/s1. The number of aliphatic hydroxyl groups is 2. The molecule has 8 N–H and O–H groups in total. The fourth-order valence-electron chi connectivity index (χ4n) is 9.71. The predicted octanol–water partition coefficient (Wildman–Crippen LogP) is 4.40. The summed E-state index contributed by atoms with van der Waals surface area (Å²) in [6.07, 6.45) is 0.188. The topological polar surface area (TPSA) is 257 Å². The van der Waals surface area contributed by atoms with E-state index in [1.165, 1.54) is 32.2 Å². The first kappa shape index (κ1) is 44.8. The summed E-state index contributed by atoms with van der Waals surface area (Å²) in [4.78, 5) is 54.4. The van der Waals surface area contributed by atoms with Crippen molar-refractivity contribution in [2.24, 2.45) is 22.7 Å². The molecule has 9 atom stereocenters. The van der Waals surface area contributed by atoms with Crippen molar-refractivity contribution in [2.45, 2.75) is 114 Å². The minimum absolute atomic E-state index is 0.0496. The molecular weight excluding hydrogens is 803 g/mol. The molecule has 3 aromatic carbocycles. The molecule has 16 heteroatoms. The number of carbonyl (C=O) groups excluding carboxylic acids is 3. The van der Waals surface area contributed by atoms with Crippen LogP contribution in [-0.2, 0) is 30.2 Å². The Hall–Kier alpha value is -5.23. The number of hydrogen-bond donors (Lipinski definition) is 7. The molecule has 0 spiro atoms. The lowest BCUT2D eigenvalue weighted by molar-refractivity contribution is -0.213. The summed E-state index contributed by atoms with van der Waals surface area (Å²) in [6, 6.07) is 13.3. The van der Waals surface area contributed by atoms with Crippen LogP contribution in [0.5, 0.6) is 17.2 Å². The second-order valence-corrected chi connectivity index (χ2v) is 17.3. The number of methoxy groups -OCH3 is 1. The summed E-state index contributed by atoms with van der Waals surface area (Å²) in [5.41, 5.74) is 5.19. The number of benzene rings is 3. The van der Waals surface area contributed by atoms with Crippen LogP contribution in [-0.4, -0.2) is 105 Å². The van der Waals surface area contributed by atoms with E-state index in [1.54, 1.807) is 37.3 Å². The molecule has 0 bridgehead atoms. The molecule has 2 fully saturated rings. The molecule has 1 saturated carbocycles. The van der Waals surface area contributed by atoms with Gasteiger partial charge in [0, 0.05) is 41.7 Å². The molecule has 1 heterocycles. The zero-order valence-electron chi connectivity index (χ0n) is 35.3. The molecule has 62 heavy (non-hydrogen) atoms. The van der Waals surface area contributed by atoms with Crippen molar-refractivity contribution in [1.29, 1.82) is 0 Å². The van der Waals surface area contributed by atoms with Crippen LogP contribution in [0.3, 0.4) is 0 Å². The van der Waals surface area contributed by atoms with Crippen molar-refractivity contribution in [3.05, 3.63) is 87.5 Å². The van der Waals surface area contributed by atoms with Crippen LogP contribution in [0, 0.1) is 11.8 Å². The van der Waals surface area contributed by atoms with E-state index < -0.39 is 107 Å². The quantitative estimate of drug-likeness (QED) is 0.0559. The van der Waals surface area contributed by atoms with E-state index in [4.69, 9.17) is 24.7 Å². The van der Waals surface area contributed by atoms with E-state index in [0.717, 1.165) is 19.3 Å². The molecule has 1 amide bonds. The van der Waals surface area contributed by atoms with E-state index >= 15 is 0 Å². The Labute approximate surface area is 359 Å². The van der Waals surface area contributed by atoms with E-state index in [2.05, 4.69) is 10.5 Å². The third-order valence-corrected chi connectivity index (χ3v) is 13.1. The summed E-state index contributed by atoms with van der Waals surface area (Å²) in [5, 5.41) is 61.7. The molecule has 3 unspecified atom stereocenters. The van der Waals surface area contributed by atoms with Gasteiger partial charge in [-0.1, -0.05) is 56.3 Å². The van der Waals surface area contributed by atoms with Gasteiger partial charge >= 0.3 is 5.97 Å². The highest BCUT2D eigenvalue weighted by molar-refractivity contribution is 6.31. The largest absolute Gasteiger partial charge is 0.507 e. The van der Waals surface area contributed by atoms with Crippen molar-refractivity contribution < 1.29 is 63.7 Å². The number of phenolic OH excluding ortho intramolecular Hbond substituents is 2. The van der Waals surface area contributed by atoms with Gasteiger partial charge in [-0.25, -0.2) is 5.43 Å². The highest BCUT2D eigenvalue weighted by atomic mass is 16.7. The van der Waals surface area contributed by atoms with E-state index in [9.17, 15) is 44.7 Å². The number of ether oxygens (including phenoxy) is 4. The normalized spacial score (nSPS) is 27.6. The predicted molar refractivity (Wildman–Crippen MR) is 223 cm³/mol. The maximum absolute atomic E-state index is 14.2. The van der Waals surface area contributed by atoms with E-state index in [1.807, 2.05) is 6.92 Å². The molecule has 7 rings (SSSR count). The third kappa shape index (κ3) is 8.34. The lowest BCUT2D eigenvalue weighted by atomic mass is 9.71. The van der Waals surface area contributed by atoms with Crippen LogP contribution in [0.25, 0.3) is 0 Å². The van der Waals surface area contributed by atoms with Gasteiger partial charge < -0.3 is 50.2 Å². The van der Waals surface area contributed by atoms with Gasteiger partial charge in [-0.3, -0.25) is 19.2 Å². The Balaban J connectivity index is 1.26. The van der Waals surface area contributed by atoms with Crippen molar-refractivity contribution in [3.8, 4) is 17.2 Å².